The van der Waals surface area contributed by atoms with E-state index in [1.54, 1.807) is 0 Å². The molecule has 0 heterocycles. The topological polar surface area (TPSA) is 52.3 Å². The number of rotatable bonds is 6. The Morgan fingerprint density at radius 1 is 1.38 bits per heavy atom. The Morgan fingerprint density at radius 3 is 2.50 bits per heavy atom. The van der Waals surface area contributed by atoms with Crippen molar-refractivity contribution in [2.75, 3.05) is 6.54 Å². The van der Waals surface area contributed by atoms with E-state index in [2.05, 4.69) is 13.8 Å². The lowest BCUT2D eigenvalue weighted by atomic mass is 9.94. The van der Waals surface area contributed by atoms with Crippen molar-refractivity contribution in [3.63, 3.8) is 0 Å². The summed E-state index contributed by atoms with van der Waals surface area (Å²) in [7, 11) is 0. The minimum Gasteiger partial charge on any atom is -0.462 e. The molecule has 2 N–H and O–H groups in total. The van der Waals surface area contributed by atoms with Crippen LogP contribution in [0.25, 0.3) is 0 Å². The largest absolute Gasteiger partial charge is 0.462 e. The Morgan fingerprint density at radius 2 is 2.00 bits per heavy atom. The first-order valence-corrected chi connectivity index (χ1v) is 6.51. The lowest BCUT2D eigenvalue weighted by molar-refractivity contribution is -0.149. The summed E-state index contributed by atoms with van der Waals surface area (Å²) in [6.45, 7) is 4.90. The van der Waals surface area contributed by atoms with E-state index in [1.165, 1.54) is 12.8 Å². The number of nitrogens with two attached hydrogens (primary N) is 1. The van der Waals surface area contributed by atoms with Gasteiger partial charge in [-0.15, -0.1) is 0 Å². The van der Waals surface area contributed by atoms with E-state index in [4.69, 9.17) is 10.5 Å². The van der Waals surface area contributed by atoms with E-state index < -0.39 is 0 Å². The molecule has 0 unspecified atom stereocenters. The van der Waals surface area contributed by atoms with Crippen LogP contribution in [0.4, 0.5) is 0 Å². The van der Waals surface area contributed by atoms with Crippen LogP contribution in [0.1, 0.15) is 52.4 Å². The summed E-state index contributed by atoms with van der Waals surface area (Å²) in [5.41, 5.74) is 5.67. The van der Waals surface area contributed by atoms with Crippen molar-refractivity contribution in [2.45, 2.75) is 58.5 Å². The van der Waals surface area contributed by atoms with Gasteiger partial charge in [0.2, 0.25) is 0 Å². The molecule has 0 aromatic carbocycles. The van der Waals surface area contributed by atoms with Gasteiger partial charge in [-0.05, 0) is 50.5 Å². The van der Waals surface area contributed by atoms with Crippen molar-refractivity contribution < 1.29 is 9.53 Å². The summed E-state index contributed by atoms with van der Waals surface area (Å²) < 4.78 is 5.43. The number of ether oxygens (including phenoxy) is 1. The van der Waals surface area contributed by atoms with Gasteiger partial charge in [0.05, 0.1) is 0 Å². The summed E-state index contributed by atoms with van der Waals surface area (Å²) in [5, 5.41) is 0. The van der Waals surface area contributed by atoms with Gasteiger partial charge in [0.15, 0.2) is 0 Å². The molecule has 0 aromatic heterocycles. The minimum atomic E-state index is -0.0528. The Kier molecular flexibility index (Phi) is 5.81. The molecule has 3 nitrogen and oxygen atoms in total. The first-order valence-electron chi connectivity index (χ1n) is 6.51. The summed E-state index contributed by atoms with van der Waals surface area (Å²) in [6.07, 6.45) is 6.17. The van der Waals surface area contributed by atoms with Crippen LogP contribution in [-0.4, -0.2) is 18.6 Å². The number of carbonyl (C=O) groups is 1. The van der Waals surface area contributed by atoms with Gasteiger partial charge in [0, 0.05) is 6.42 Å². The molecular formula is C13H25NO2. The van der Waals surface area contributed by atoms with E-state index >= 15 is 0 Å². The molecule has 0 aromatic rings. The number of esters is 1. The van der Waals surface area contributed by atoms with Gasteiger partial charge in [-0.25, -0.2) is 0 Å². The van der Waals surface area contributed by atoms with Gasteiger partial charge < -0.3 is 10.5 Å². The average molecular weight is 227 g/mol. The van der Waals surface area contributed by atoms with Crippen molar-refractivity contribution in [3.05, 3.63) is 0 Å². The first-order chi connectivity index (χ1) is 7.61. The number of carbonyl (C=O) groups excluding carboxylic acids is 1. The summed E-state index contributed by atoms with van der Waals surface area (Å²) in [4.78, 5) is 11.7. The predicted molar refractivity (Wildman–Crippen MR) is 65.0 cm³/mol. The second kappa shape index (κ2) is 6.89. The third-order valence-electron chi connectivity index (χ3n) is 3.19. The fourth-order valence-electron chi connectivity index (χ4n) is 2.41. The molecule has 1 saturated carbocycles. The van der Waals surface area contributed by atoms with E-state index in [-0.39, 0.29) is 18.0 Å². The molecule has 16 heavy (non-hydrogen) atoms. The van der Waals surface area contributed by atoms with Crippen LogP contribution in [0.5, 0.6) is 0 Å². The summed E-state index contributed by atoms with van der Waals surface area (Å²) in [5.74, 6) is 0.824. The van der Waals surface area contributed by atoms with Crippen LogP contribution in [0.2, 0.25) is 0 Å². The normalized spacial score (nSPS) is 19.0. The Labute approximate surface area is 98.7 Å². The Hall–Kier alpha value is -0.570. The van der Waals surface area contributed by atoms with E-state index in [1.807, 2.05) is 0 Å². The average Bonchev–Trinajstić information content (AvgIpc) is 2.68. The molecule has 1 fully saturated rings. The lowest BCUT2D eigenvalue weighted by Crippen LogP contribution is -2.23. The van der Waals surface area contributed by atoms with Crippen molar-refractivity contribution in [1.82, 2.24) is 0 Å². The van der Waals surface area contributed by atoms with Gasteiger partial charge in [-0.2, -0.15) is 0 Å². The highest BCUT2D eigenvalue weighted by molar-refractivity contribution is 5.69. The third-order valence-corrected chi connectivity index (χ3v) is 3.19. The molecule has 0 spiro atoms. The van der Waals surface area contributed by atoms with E-state index in [9.17, 15) is 4.79 Å². The summed E-state index contributed by atoms with van der Waals surface area (Å²) in [6, 6.07) is 0. The van der Waals surface area contributed by atoms with Crippen molar-refractivity contribution in [1.29, 1.82) is 0 Å². The smallest absolute Gasteiger partial charge is 0.306 e. The SMILES string of the molecule is CC(C)C[C@H](CN)CC(=O)OC1CCCC1. The van der Waals surface area contributed by atoms with Gasteiger partial charge in [-0.3, -0.25) is 4.79 Å². The third kappa shape index (κ3) is 4.97. The van der Waals surface area contributed by atoms with Crippen molar-refractivity contribution >= 4 is 5.97 Å². The predicted octanol–water partition coefficient (Wildman–Crippen LogP) is 2.48. The van der Waals surface area contributed by atoms with Crippen LogP contribution < -0.4 is 5.73 Å². The molecule has 0 bridgehead atoms. The second-order valence-electron chi connectivity index (χ2n) is 5.33. The maximum Gasteiger partial charge on any atom is 0.306 e. The van der Waals surface area contributed by atoms with Gasteiger partial charge in [-0.1, -0.05) is 13.8 Å². The van der Waals surface area contributed by atoms with Gasteiger partial charge in [0.25, 0.3) is 0 Å². The Balaban J connectivity index is 2.24. The van der Waals surface area contributed by atoms with Crippen LogP contribution >= 0.6 is 0 Å². The minimum absolute atomic E-state index is 0.0528. The van der Waals surface area contributed by atoms with Crippen molar-refractivity contribution in [2.24, 2.45) is 17.6 Å². The maximum absolute atomic E-state index is 11.7. The Bertz CT molecular complexity index is 210. The highest BCUT2D eigenvalue weighted by Crippen LogP contribution is 2.22. The maximum atomic E-state index is 11.7. The zero-order chi connectivity index (χ0) is 12.0. The number of hydrogen-bond acceptors (Lipinski definition) is 3. The van der Waals surface area contributed by atoms with Crippen LogP contribution in [-0.2, 0) is 9.53 Å². The molecule has 1 atom stereocenters. The first kappa shape index (κ1) is 13.5. The molecule has 1 aliphatic rings. The van der Waals surface area contributed by atoms with Gasteiger partial charge in [0.1, 0.15) is 6.10 Å². The lowest BCUT2D eigenvalue weighted by Gasteiger charge is -2.18. The molecule has 3 heteroatoms. The molecule has 0 aliphatic heterocycles. The standard InChI is InChI=1S/C13H25NO2/c1-10(2)7-11(9-14)8-13(15)16-12-5-3-4-6-12/h10-12H,3-9,14H2,1-2H3/t11-/m0/s1. The molecule has 1 aliphatic carbocycles. The van der Waals surface area contributed by atoms with E-state index in [0.717, 1.165) is 19.3 Å². The zero-order valence-corrected chi connectivity index (χ0v) is 10.6. The van der Waals surface area contributed by atoms with Crippen LogP contribution in [0, 0.1) is 11.8 Å². The van der Waals surface area contributed by atoms with E-state index in [0.29, 0.717) is 18.9 Å². The zero-order valence-electron chi connectivity index (χ0n) is 10.6. The second-order valence-corrected chi connectivity index (χ2v) is 5.33. The fraction of sp³-hybridized carbons (Fsp3) is 0.923. The molecule has 0 radical (unpaired) electrons. The highest BCUT2D eigenvalue weighted by atomic mass is 16.5. The molecule has 1 rings (SSSR count). The van der Waals surface area contributed by atoms with Crippen LogP contribution in [0.15, 0.2) is 0 Å². The molecule has 0 saturated heterocycles. The molecule has 94 valence electrons. The quantitative estimate of drug-likeness (QED) is 0.709. The molecule has 0 amide bonds. The fourth-order valence-corrected chi connectivity index (χ4v) is 2.41. The van der Waals surface area contributed by atoms with Crippen LogP contribution in [0.3, 0.4) is 0 Å². The van der Waals surface area contributed by atoms with Crippen molar-refractivity contribution in [3.8, 4) is 0 Å². The van der Waals surface area contributed by atoms with Gasteiger partial charge >= 0.3 is 5.97 Å². The monoisotopic (exact) mass is 227 g/mol. The highest BCUT2D eigenvalue weighted by Gasteiger charge is 2.21. The molecular weight excluding hydrogens is 202 g/mol. The summed E-state index contributed by atoms with van der Waals surface area (Å²) >= 11 is 0. The number of hydrogen-bond donors (Lipinski definition) is 1.